The summed E-state index contributed by atoms with van der Waals surface area (Å²) in [6, 6.07) is 14.5. The molecule has 1 nitrogen and oxygen atoms in total. The van der Waals surface area contributed by atoms with E-state index in [0.29, 0.717) is 6.61 Å². The Kier molecular flexibility index (Phi) is 3.58. The molecule has 0 aliphatic rings. The zero-order chi connectivity index (χ0) is 13.2. The fourth-order valence-corrected chi connectivity index (χ4v) is 3.21. The molecule has 0 saturated carbocycles. The maximum Gasteiger partial charge on any atom is 0.120 e. The van der Waals surface area contributed by atoms with E-state index < -0.39 is 0 Å². The molecular weight excluding hydrogens is 320 g/mol. The molecule has 0 amide bonds. The first kappa shape index (κ1) is 12.7. The van der Waals surface area contributed by atoms with Crippen molar-refractivity contribution >= 4 is 37.4 Å². The van der Waals surface area contributed by atoms with Crippen molar-refractivity contribution in [3.05, 3.63) is 63.4 Å². The topological polar surface area (TPSA) is 9.23 Å². The van der Waals surface area contributed by atoms with Crippen LogP contribution in [-0.2, 0) is 6.61 Å². The van der Waals surface area contributed by atoms with Gasteiger partial charge in [-0.05, 0) is 47.5 Å². The number of fused-ring (bicyclic) bond motifs is 1. The molecule has 0 unspecified atom stereocenters. The van der Waals surface area contributed by atoms with Gasteiger partial charge in [0.15, 0.2) is 0 Å². The molecule has 1 aromatic heterocycles. The Balaban J connectivity index is 1.80. The second-order valence-corrected chi connectivity index (χ2v) is 6.22. The number of hydrogen-bond acceptors (Lipinski definition) is 2. The van der Waals surface area contributed by atoms with E-state index in [2.05, 4.69) is 58.6 Å². The molecular formula is C16H13BrOS. The van der Waals surface area contributed by atoms with Gasteiger partial charge in [0.2, 0.25) is 0 Å². The van der Waals surface area contributed by atoms with E-state index in [4.69, 9.17) is 4.74 Å². The van der Waals surface area contributed by atoms with Crippen LogP contribution in [0.2, 0.25) is 0 Å². The molecule has 3 heteroatoms. The van der Waals surface area contributed by atoms with Gasteiger partial charge in [-0.25, -0.2) is 0 Å². The molecule has 0 fully saturated rings. The van der Waals surface area contributed by atoms with Gasteiger partial charge in [-0.1, -0.05) is 34.1 Å². The van der Waals surface area contributed by atoms with Gasteiger partial charge in [0, 0.05) is 14.7 Å². The quantitative estimate of drug-likeness (QED) is 0.610. The molecule has 2 aromatic carbocycles. The summed E-state index contributed by atoms with van der Waals surface area (Å²) in [7, 11) is 0. The Morgan fingerprint density at radius 3 is 2.84 bits per heavy atom. The Morgan fingerprint density at radius 2 is 2.00 bits per heavy atom. The van der Waals surface area contributed by atoms with Crippen LogP contribution in [-0.4, -0.2) is 0 Å². The Labute approximate surface area is 125 Å². The van der Waals surface area contributed by atoms with Crippen LogP contribution in [0, 0.1) is 6.92 Å². The minimum atomic E-state index is 0.616. The molecule has 0 aliphatic carbocycles. The van der Waals surface area contributed by atoms with E-state index in [1.165, 1.54) is 21.2 Å². The number of hydrogen-bond donors (Lipinski definition) is 0. The largest absolute Gasteiger partial charge is 0.489 e. The fourth-order valence-electron chi connectivity index (χ4n) is 2.01. The van der Waals surface area contributed by atoms with Gasteiger partial charge in [0.05, 0.1) is 0 Å². The first-order valence-corrected chi connectivity index (χ1v) is 7.75. The summed E-state index contributed by atoms with van der Waals surface area (Å²) in [4.78, 5) is 0. The average Bonchev–Trinajstić information content (AvgIpc) is 2.83. The third-order valence-electron chi connectivity index (χ3n) is 3.08. The molecule has 0 bridgehead atoms. The van der Waals surface area contributed by atoms with E-state index in [-0.39, 0.29) is 0 Å². The SMILES string of the molecule is Cc1cc(OCc2csc3ccccc23)ccc1Br. The fraction of sp³-hybridized carbons (Fsp3) is 0.125. The molecule has 96 valence electrons. The van der Waals surface area contributed by atoms with Crippen LogP contribution in [0.25, 0.3) is 10.1 Å². The first-order chi connectivity index (χ1) is 9.24. The van der Waals surface area contributed by atoms with Crippen LogP contribution in [0.4, 0.5) is 0 Å². The minimum Gasteiger partial charge on any atom is -0.489 e. The first-order valence-electron chi connectivity index (χ1n) is 6.08. The monoisotopic (exact) mass is 332 g/mol. The molecule has 19 heavy (non-hydrogen) atoms. The summed E-state index contributed by atoms with van der Waals surface area (Å²) in [6.45, 7) is 2.68. The molecule has 0 spiro atoms. The highest BCUT2D eigenvalue weighted by Gasteiger charge is 2.04. The highest BCUT2D eigenvalue weighted by atomic mass is 79.9. The van der Waals surface area contributed by atoms with E-state index in [0.717, 1.165) is 10.2 Å². The van der Waals surface area contributed by atoms with Crippen molar-refractivity contribution in [2.45, 2.75) is 13.5 Å². The number of ether oxygens (including phenoxy) is 1. The average molecular weight is 333 g/mol. The summed E-state index contributed by atoms with van der Waals surface area (Å²) in [6.07, 6.45) is 0. The number of thiophene rings is 1. The van der Waals surface area contributed by atoms with Crippen LogP contribution >= 0.6 is 27.3 Å². The maximum absolute atomic E-state index is 5.88. The lowest BCUT2D eigenvalue weighted by Gasteiger charge is -2.07. The molecule has 0 aliphatic heterocycles. The van der Waals surface area contributed by atoms with Crippen LogP contribution in [0.15, 0.2) is 52.3 Å². The van der Waals surface area contributed by atoms with Crippen LogP contribution in [0.3, 0.4) is 0 Å². The second-order valence-electron chi connectivity index (χ2n) is 4.46. The van der Waals surface area contributed by atoms with Crippen LogP contribution in [0.5, 0.6) is 5.75 Å². The van der Waals surface area contributed by atoms with Crippen molar-refractivity contribution in [3.8, 4) is 5.75 Å². The Bertz CT molecular complexity index is 718. The van der Waals surface area contributed by atoms with Crippen molar-refractivity contribution in [2.24, 2.45) is 0 Å². The van der Waals surface area contributed by atoms with Crippen LogP contribution in [0.1, 0.15) is 11.1 Å². The number of aryl methyl sites for hydroxylation is 1. The van der Waals surface area contributed by atoms with Gasteiger partial charge in [-0.15, -0.1) is 11.3 Å². The van der Waals surface area contributed by atoms with Gasteiger partial charge in [-0.2, -0.15) is 0 Å². The summed E-state index contributed by atoms with van der Waals surface area (Å²) in [5, 5.41) is 3.47. The van der Waals surface area contributed by atoms with Crippen molar-refractivity contribution < 1.29 is 4.74 Å². The van der Waals surface area contributed by atoms with Crippen LogP contribution < -0.4 is 4.74 Å². The number of rotatable bonds is 3. The molecule has 0 radical (unpaired) electrons. The Hall–Kier alpha value is -1.32. The summed E-state index contributed by atoms with van der Waals surface area (Å²) in [5.41, 5.74) is 2.44. The number of halogens is 1. The molecule has 3 aromatic rings. The zero-order valence-corrected chi connectivity index (χ0v) is 12.9. The third kappa shape index (κ3) is 2.67. The van der Waals surface area contributed by atoms with E-state index in [9.17, 15) is 0 Å². The smallest absolute Gasteiger partial charge is 0.120 e. The van der Waals surface area contributed by atoms with Crippen molar-refractivity contribution in [2.75, 3.05) is 0 Å². The Morgan fingerprint density at radius 1 is 1.16 bits per heavy atom. The zero-order valence-electron chi connectivity index (χ0n) is 10.5. The summed E-state index contributed by atoms with van der Waals surface area (Å²) in [5.74, 6) is 0.913. The van der Waals surface area contributed by atoms with Crippen molar-refractivity contribution in [1.82, 2.24) is 0 Å². The van der Waals surface area contributed by atoms with Crippen molar-refractivity contribution in [3.63, 3.8) is 0 Å². The van der Waals surface area contributed by atoms with Crippen molar-refractivity contribution in [1.29, 1.82) is 0 Å². The van der Waals surface area contributed by atoms with E-state index in [1.54, 1.807) is 11.3 Å². The highest BCUT2D eigenvalue weighted by Crippen LogP contribution is 2.27. The number of benzene rings is 2. The van der Waals surface area contributed by atoms with Gasteiger partial charge in [-0.3, -0.25) is 0 Å². The molecule has 0 saturated heterocycles. The lowest BCUT2D eigenvalue weighted by atomic mass is 10.2. The second kappa shape index (κ2) is 5.35. The van der Waals surface area contributed by atoms with Gasteiger partial charge in [0.1, 0.15) is 12.4 Å². The maximum atomic E-state index is 5.88. The molecule has 0 atom stereocenters. The van der Waals surface area contributed by atoms with E-state index in [1.807, 2.05) is 12.1 Å². The van der Waals surface area contributed by atoms with Gasteiger partial charge in [0.25, 0.3) is 0 Å². The summed E-state index contributed by atoms with van der Waals surface area (Å²) >= 11 is 5.27. The predicted molar refractivity (Wildman–Crippen MR) is 85.0 cm³/mol. The van der Waals surface area contributed by atoms with Gasteiger partial charge < -0.3 is 4.74 Å². The molecule has 0 N–H and O–H groups in total. The summed E-state index contributed by atoms with van der Waals surface area (Å²) < 4.78 is 8.31. The van der Waals surface area contributed by atoms with Gasteiger partial charge >= 0.3 is 0 Å². The third-order valence-corrected chi connectivity index (χ3v) is 4.99. The normalized spacial score (nSPS) is 10.8. The minimum absolute atomic E-state index is 0.616. The molecule has 3 rings (SSSR count). The highest BCUT2D eigenvalue weighted by molar-refractivity contribution is 9.10. The lowest BCUT2D eigenvalue weighted by Crippen LogP contribution is -1.94. The van der Waals surface area contributed by atoms with E-state index >= 15 is 0 Å². The molecule has 1 heterocycles. The predicted octanol–water partition coefficient (Wildman–Crippen LogP) is 5.55. The standard InChI is InChI=1S/C16H13BrOS/c1-11-8-13(6-7-15(11)17)18-9-12-10-19-16-5-3-2-4-14(12)16/h2-8,10H,9H2,1H3. The lowest BCUT2D eigenvalue weighted by molar-refractivity contribution is 0.308.